The molecule has 0 spiro atoms. The number of carbonyl (C=O) groups excluding carboxylic acids is 2. The molecular weight excluding hydrogens is 358 g/mol. The monoisotopic (exact) mass is 391 g/mol. The number of ether oxygens (including phenoxy) is 3. The molecule has 1 heterocycles. The lowest BCUT2D eigenvalue weighted by molar-refractivity contribution is -0.161. The predicted octanol–water partition coefficient (Wildman–Crippen LogP) is 3.74. The normalized spacial score (nSPS) is 17.6. The molecule has 2 unspecified atom stereocenters. The minimum absolute atomic E-state index is 0.0154. The molecule has 0 aliphatic carbocycles. The van der Waals surface area contributed by atoms with Crippen LogP contribution in [0.2, 0.25) is 0 Å². The summed E-state index contributed by atoms with van der Waals surface area (Å²) in [6.45, 7) is 9.36. The van der Waals surface area contributed by atoms with Gasteiger partial charge in [-0.3, -0.25) is 4.79 Å². The van der Waals surface area contributed by atoms with Gasteiger partial charge in [-0.2, -0.15) is 0 Å². The zero-order valence-electron chi connectivity index (χ0n) is 17.5. The third-order valence-corrected chi connectivity index (χ3v) is 4.88. The van der Waals surface area contributed by atoms with E-state index in [0.29, 0.717) is 25.7 Å². The van der Waals surface area contributed by atoms with Gasteiger partial charge in [0.1, 0.15) is 5.75 Å². The van der Waals surface area contributed by atoms with E-state index in [1.54, 1.807) is 11.8 Å². The fraction of sp³-hybridized carbons (Fsp3) is 0.636. The Hall–Kier alpha value is -2.08. The van der Waals surface area contributed by atoms with Gasteiger partial charge in [0.15, 0.2) is 12.7 Å². The average molecular weight is 392 g/mol. The summed E-state index contributed by atoms with van der Waals surface area (Å²) >= 11 is 0. The molecule has 1 aromatic rings. The Morgan fingerprint density at radius 1 is 1.18 bits per heavy atom. The van der Waals surface area contributed by atoms with Crippen molar-refractivity contribution >= 4 is 11.9 Å². The van der Waals surface area contributed by atoms with Gasteiger partial charge in [0.25, 0.3) is 5.91 Å². The summed E-state index contributed by atoms with van der Waals surface area (Å²) in [5, 5.41) is 0. The number of rotatable bonds is 10. The Kier molecular flexibility index (Phi) is 8.77. The van der Waals surface area contributed by atoms with Crippen LogP contribution in [0.25, 0.3) is 0 Å². The highest BCUT2D eigenvalue weighted by Crippen LogP contribution is 2.32. The van der Waals surface area contributed by atoms with E-state index in [1.807, 2.05) is 31.2 Å². The fourth-order valence-corrected chi connectivity index (χ4v) is 3.25. The first kappa shape index (κ1) is 22.2. The Balaban J connectivity index is 1.84. The maximum Gasteiger partial charge on any atom is 0.335 e. The van der Waals surface area contributed by atoms with Crippen LogP contribution in [0.1, 0.15) is 58.6 Å². The summed E-state index contributed by atoms with van der Waals surface area (Å²) in [6, 6.07) is 7.86. The van der Waals surface area contributed by atoms with E-state index >= 15 is 0 Å². The summed E-state index contributed by atoms with van der Waals surface area (Å²) in [6.07, 6.45) is 2.06. The Labute approximate surface area is 168 Å². The highest BCUT2D eigenvalue weighted by Gasteiger charge is 2.30. The minimum Gasteiger partial charge on any atom is -0.494 e. The molecule has 0 aromatic heterocycles. The van der Waals surface area contributed by atoms with Crippen LogP contribution in [0.4, 0.5) is 0 Å². The maximum absolute atomic E-state index is 12.6. The highest BCUT2D eigenvalue weighted by atomic mass is 16.6. The Bertz CT molecular complexity index is 628. The van der Waals surface area contributed by atoms with Crippen molar-refractivity contribution in [1.29, 1.82) is 0 Å². The Morgan fingerprint density at radius 2 is 1.89 bits per heavy atom. The van der Waals surface area contributed by atoms with Gasteiger partial charge in [-0.05, 0) is 56.7 Å². The average Bonchev–Trinajstić information content (AvgIpc) is 3.16. The molecule has 0 bridgehead atoms. The fourth-order valence-electron chi connectivity index (χ4n) is 3.25. The van der Waals surface area contributed by atoms with E-state index in [-0.39, 0.29) is 18.6 Å². The number of likely N-dealkylation sites (tertiary alicyclic amines) is 1. The number of benzene rings is 1. The van der Waals surface area contributed by atoms with E-state index in [9.17, 15) is 9.59 Å². The van der Waals surface area contributed by atoms with Crippen molar-refractivity contribution in [1.82, 2.24) is 4.90 Å². The second-order valence-electron chi connectivity index (χ2n) is 7.55. The third kappa shape index (κ3) is 6.51. The van der Waals surface area contributed by atoms with Crippen LogP contribution in [0.5, 0.6) is 5.75 Å². The smallest absolute Gasteiger partial charge is 0.335 e. The summed E-state index contributed by atoms with van der Waals surface area (Å²) in [4.78, 5) is 26.5. The second kappa shape index (κ2) is 11.1. The van der Waals surface area contributed by atoms with Crippen molar-refractivity contribution in [2.45, 2.75) is 59.1 Å². The number of nitrogens with zero attached hydrogens (tertiary/aromatic N) is 1. The molecule has 6 heteroatoms. The van der Waals surface area contributed by atoms with Crippen LogP contribution in [0.15, 0.2) is 24.3 Å². The van der Waals surface area contributed by atoms with Gasteiger partial charge in [-0.15, -0.1) is 0 Å². The number of hydrogen-bond acceptors (Lipinski definition) is 5. The van der Waals surface area contributed by atoms with E-state index in [4.69, 9.17) is 14.2 Å². The molecule has 1 aromatic carbocycles. The summed E-state index contributed by atoms with van der Waals surface area (Å²) in [5.74, 6) is 0.676. The summed E-state index contributed by atoms with van der Waals surface area (Å²) in [5.41, 5.74) is 1.08. The van der Waals surface area contributed by atoms with Gasteiger partial charge in [-0.1, -0.05) is 26.0 Å². The first-order valence-corrected chi connectivity index (χ1v) is 10.2. The van der Waals surface area contributed by atoms with Gasteiger partial charge < -0.3 is 19.1 Å². The summed E-state index contributed by atoms with van der Waals surface area (Å²) in [7, 11) is 0. The quantitative estimate of drug-likeness (QED) is 0.569. The number of esters is 1. The van der Waals surface area contributed by atoms with E-state index in [1.165, 1.54) is 0 Å². The molecule has 2 atom stereocenters. The third-order valence-electron chi connectivity index (χ3n) is 4.88. The molecule has 28 heavy (non-hydrogen) atoms. The zero-order chi connectivity index (χ0) is 20.5. The van der Waals surface area contributed by atoms with Gasteiger partial charge in [-0.25, -0.2) is 4.79 Å². The van der Waals surface area contributed by atoms with Crippen molar-refractivity contribution in [3.05, 3.63) is 29.8 Å². The first-order valence-electron chi connectivity index (χ1n) is 10.2. The molecule has 0 radical (unpaired) electrons. The maximum atomic E-state index is 12.6. The number of carbonyl (C=O) groups is 2. The largest absolute Gasteiger partial charge is 0.494 e. The SMILES string of the molecule is CCOc1ccc(C2CCCN2C(=O)COC(=O)C(C)OCCC(C)C)cc1. The van der Waals surface area contributed by atoms with Crippen molar-refractivity contribution < 1.29 is 23.8 Å². The van der Waals surface area contributed by atoms with Gasteiger partial charge >= 0.3 is 5.97 Å². The second-order valence-corrected chi connectivity index (χ2v) is 7.55. The first-order chi connectivity index (χ1) is 13.4. The molecule has 1 aliphatic heterocycles. The molecule has 1 amide bonds. The lowest BCUT2D eigenvalue weighted by Crippen LogP contribution is -2.35. The van der Waals surface area contributed by atoms with Crippen molar-refractivity contribution in [3.63, 3.8) is 0 Å². The molecule has 0 N–H and O–H groups in total. The van der Waals surface area contributed by atoms with E-state index in [0.717, 1.165) is 30.6 Å². The molecular formula is C22H33NO5. The molecule has 1 aliphatic rings. The van der Waals surface area contributed by atoms with Gasteiger partial charge in [0, 0.05) is 13.2 Å². The van der Waals surface area contributed by atoms with E-state index in [2.05, 4.69) is 13.8 Å². The van der Waals surface area contributed by atoms with Crippen LogP contribution in [-0.2, 0) is 19.1 Å². The van der Waals surface area contributed by atoms with Gasteiger partial charge in [0.05, 0.1) is 12.6 Å². The molecule has 6 nitrogen and oxygen atoms in total. The topological polar surface area (TPSA) is 65.1 Å². The summed E-state index contributed by atoms with van der Waals surface area (Å²) < 4.78 is 16.2. The molecule has 1 fully saturated rings. The zero-order valence-corrected chi connectivity index (χ0v) is 17.5. The lowest BCUT2D eigenvalue weighted by atomic mass is 10.0. The number of amides is 1. The Morgan fingerprint density at radius 3 is 2.54 bits per heavy atom. The highest BCUT2D eigenvalue weighted by molar-refractivity contribution is 5.82. The van der Waals surface area contributed by atoms with Crippen molar-refractivity contribution in [2.24, 2.45) is 5.92 Å². The lowest BCUT2D eigenvalue weighted by Gasteiger charge is -2.25. The molecule has 1 saturated heterocycles. The minimum atomic E-state index is -0.660. The predicted molar refractivity (Wildman–Crippen MR) is 107 cm³/mol. The van der Waals surface area contributed by atoms with Crippen LogP contribution in [-0.4, -0.2) is 49.2 Å². The van der Waals surface area contributed by atoms with E-state index < -0.39 is 12.1 Å². The van der Waals surface area contributed by atoms with Gasteiger partial charge in [0.2, 0.25) is 0 Å². The molecule has 2 rings (SSSR count). The van der Waals surface area contributed by atoms with Crippen molar-refractivity contribution in [3.8, 4) is 5.75 Å². The van der Waals surface area contributed by atoms with Crippen LogP contribution in [0.3, 0.4) is 0 Å². The molecule has 0 saturated carbocycles. The van der Waals surface area contributed by atoms with Crippen LogP contribution in [0, 0.1) is 5.92 Å². The van der Waals surface area contributed by atoms with Crippen LogP contribution < -0.4 is 4.74 Å². The van der Waals surface area contributed by atoms with Crippen molar-refractivity contribution in [2.75, 3.05) is 26.4 Å². The molecule has 156 valence electrons. The van der Waals surface area contributed by atoms with Crippen LogP contribution >= 0.6 is 0 Å². The number of hydrogen-bond donors (Lipinski definition) is 0. The standard InChI is InChI=1S/C22H33NO5/c1-5-26-19-10-8-18(9-11-19)20-7-6-13-23(20)21(24)15-28-22(25)17(4)27-14-12-16(2)3/h8-11,16-17,20H,5-7,12-15H2,1-4H3.